The maximum atomic E-state index is 11.1. The molecule has 4 nitrogen and oxygen atoms in total. The summed E-state index contributed by atoms with van der Waals surface area (Å²) in [4.78, 5) is 0. The molecule has 0 aromatic rings. The van der Waals surface area contributed by atoms with Gasteiger partial charge in [0.2, 0.25) is 0 Å². The van der Waals surface area contributed by atoms with Gasteiger partial charge in [-0.1, -0.05) is 6.92 Å². The minimum absolute atomic E-state index is 0.108. The summed E-state index contributed by atoms with van der Waals surface area (Å²) in [5.41, 5.74) is 4.68. The molecule has 1 aliphatic rings. The molecule has 3 N–H and O–H groups in total. The van der Waals surface area contributed by atoms with E-state index in [1.54, 1.807) is 6.92 Å². The largest absolute Gasteiger partial charge is 0.394 e. The van der Waals surface area contributed by atoms with Crippen molar-refractivity contribution in [1.29, 1.82) is 0 Å². The molecule has 1 aliphatic carbocycles. The minimum atomic E-state index is -3.03. The van der Waals surface area contributed by atoms with Crippen molar-refractivity contribution in [2.24, 2.45) is 5.73 Å². The Morgan fingerprint density at radius 3 is 2.55 bits per heavy atom. The summed E-state index contributed by atoms with van der Waals surface area (Å²) in [5.74, 6) is 0.108. The molecule has 0 bridgehead atoms. The van der Waals surface area contributed by atoms with Crippen LogP contribution < -0.4 is 5.73 Å². The number of hydrogen-bond acceptors (Lipinski definition) is 4. The minimum Gasteiger partial charge on any atom is -0.394 e. The first kappa shape index (κ1) is 8.96. The number of aliphatic hydroxyl groups excluding tert-OH is 1. The van der Waals surface area contributed by atoms with Crippen LogP contribution in [0.3, 0.4) is 0 Å². The zero-order valence-corrected chi connectivity index (χ0v) is 7.26. The molecular weight excluding hydrogens is 166 g/mol. The lowest BCUT2D eigenvalue weighted by molar-refractivity contribution is 0.257. The molecule has 66 valence electrons. The van der Waals surface area contributed by atoms with Crippen LogP contribution in [0.2, 0.25) is 0 Å². The third-order valence-electron chi connectivity index (χ3n) is 2.18. The smallest absolute Gasteiger partial charge is 0.154 e. The van der Waals surface area contributed by atoms with Crippen LogP contribution in [0.4, 0.5) is 0 Å². The monoisotopic (exact) mass is 179 g/mol. The maximum absolute atomic E-state index is 11.1. The van der Waals surface area contributed by atoms with E-state index in [2.05, 4.69) is 0 Å². The van der Waals surface area contributed by atoms with Crippen LogP contribution >= 0.6 is 0 Å². The van der Waals surface area contributed by atoms with Crippen molar-refractivity contribution in [3.8, 4) is 0 Å². The van der Waals surface area contributed by atoms with E-state index in [4.69, 9.17) is 10.8 Å². The van der Waals surface area contributed by atoms with E-state index in [1.165, 1.54) is 0 Å². The van der Waals surface area contributed by atoms with Gasteiger partial charge in [-0.3, -0.25) is 0 Å². The first-order valence-corrected chi connectivity index (χ1v) is 5.29. The topological polar surface area (TPSA) is 80.4 Å². The van der Waals surface area contributed by atoms with Gasteiger partial charge in [0.25, 0.3) is 0 Å². The Bertz CT molecular complexity index is 249. The lowest BCUT2D eigenvalue weighted by atomic mass is 10.3. The molecule has 0 saturated heterocycles. The highest BCUT2D eigenvalue weighted by Gasteiger charge is 2.57. The molecule has 0 aromatic heterocycles. The summed E-state index contributed by atoms with van der Waals surface area (Å²) in [6, 6.07) is 0. The Hall–Kier alpha value is -0.130. The van der Waals surface area contributed by atoms with Gasteiger partial charge in [0, 0.05) is 5.75 Å². The highest BCUT2D eigenvalue weighted by Crippen LogP contribution is 2.39. The Balaban J connectivity index is 2.71. The standard InChI is InChI=1S/C6H13NO3S/c1-2-11(9,10)5-3-6(5,7)4-8/h5,8H,2-4,7H2,1H3/t5-,6+/m1/s1. The molecule has 11 heavy (non-hydrogen) atoms. The Kier molecular flexibility index (Phi) is 1.98. The molecule has 0 heterocycles. The van der Waals surface area contributed by atoms with Gasteiger partial charge in [0.15, 0.2) is 9.84 Å². The Labute approximate surface area is 66.3 Å². The van der Waals surface area contributed by atoms with Gasteiger partial charge in [-0.2, -0.15) is 0 Å². The van der Waals surface area contributed by atoms with Crippen molar-refractivity contribution in [1.82, 2.24) is 0 Å². The molecule has 0 spiro atoms. The van der Waals surface area contributed by atoms with E-state index in [1.807, 2.05) is 0 Å². The second-order valence-corrected chi connectivity index (χ2v) is 5.51. The number of aliphatic hydroxyl groups is 1. The molecule has 1 saturated carbocycles. The second-order valence-electron chi connectivity index (χ2n) is 3.04. The third-order valence-corrected chi connectivity index (χ3v) is 4.48. The number of nitrogens with two attached hydrogens (primary N) is 1. The van der Waals surface area contributed by atoms with E-state index < -0.39 is 20.6 Å². The molecule has 0 aromatic carbocycles. The fraction of sp³-hybridized carbons (Fsp3) is 1.00. The van der Waals surface area contributed by atoms with Gasteiger partial charge in [-0.25, -0.2) is 8.42 Å². The quantitative estimate of drug-likeness (QED) is 0.575. The van der Waals surface area contributed by atoms with E-state index in [0.717, 1.165) is 0 Å². The van der Waals surface area contributed by atoms with Crippen LogP contribution in [0.25, 0.3) is 0 Å². The van der Waals surface area contributed by atoms with Gasteiger partial charge in [-0.05, 0) is 6.42 Å². The Morgan fingerprint density at radius 2 is 2.27 bits per heavy atom. The Morgan fingerprint density at radius 1 is 1.73 bits per heavy atom. The van der Waals surface area contributed by atoms with Crippen molar-refractivity contribution < 1.29 is 13.5 Å². The summed E-state index contributed by atoms with van der Waals surface area (Å²) < 4.78 is 22.3. The van der Waals surface area contributed by atoms with Gasteiger partial charge in [0.05, 0.1) is 17.4 Å². The van der Waals surface area contributed by atoms with E-state index in [-0.39, 0.29) is 12.4 Å². The van der Waals surface area contributed by atoms with Crippen LogP contribution in [-0.4, -0.2) is 36.7 Å². The first-order valence-electron chi connectivity index (χ1n) is 3.57. The predicted molar refractivity (Wildman–Crippen MR) is 41.9 cm³/mol. The van der Waals surface area contributed by atoms with Crippen molar-refractivity contribution in [3.63, 3.8) is 0 Å². The fourth-order valence-corrected chi connectivity index (χ4v) is 2.89. The van der Waals surface area contributed by atoms with Crippen LogP contribution in [0, 0.1) is 0 Å². The molecule has 2 atom stereocenters. The maximum Gasteiger partial charge on any atom is 0.154 e. The van der Waals surface area contributed by atoms with Crippen molar-refractivity contribution in [3.05, 3.63) is 0 Å². The van der Waals surface area contributed by atoms with Crippen LogP contribution in [0.5, 0.6) is 0 Å². The molecule has 0 radical (unpaired) electrons. The summed E-state index contributed by atoms with van der Waals surface area (Å²) in [5, 5.41) is 8.20. The highest BCUT2D eigenvalue weighted by molar-refractivity contribution is 7.92. The lowest BCUT2D eigenvalue weighted by Crippen LogP contribution is -2.34. The number of sulfone groups is 1. The normalized spacial score (nSPS) is 37.2. The SMILES string of the molecule is CCS(=O)(=O)[C@@H]1C[C@]1(N)CO. The number of hydrogen-bond donors (Lipinski definition) is 2. The van der Waals surface area contributed by atoms with Gasteiger partial charge in [0.1, 0.15) is 0 Å². The van der Waals surface area contributed by atoms with Crippen LogP contribution in [0.15, 0.2) is 0 Å². The zero-order chi connectivity index (χ0) is 8.70. The van der Waals surface area contributed by atoms with Crippen LogP contribution in [0.1, 0.15) is 13.3 Å². The molecule has 0 unspecified atom stereocenters. The van der Waals surface area contributed by atoms with Gasteiger partial charge < -0.3 is 10.8 Å². The average Bonchev–Trinajstić information content (AvgIpc) is 2.65. The molecule has 0 aliphatic heterocycles. The molecule has 1 rings (SSSR count). The molecule has 5 heteroatoms. The summed E-state index contributed by atoms with van der Waals surface area (Å²) in [6.45, 7) is 1.35. The van der Waals surface area contributed by atoms with E-state index >= 15 is 0 Å². The molecular formula is C6H13NO3S. The summed E-state index contributed by atoms with van der Waals surface area (Å²) in [6.07, 6.45) is 0.402. The third kappa shape index (κ3) is 1.40. The summed E-state index contributed by atoms with van der Waals surface area (Å²) >= 11 is 0. The number of rotatable bonds is 3. The molecule has 1 fully saturated rings. The van der Waals surface area contributed by atoms with Crippen molar-refractivity contribution in [2.75, 3.05) is 12.4 Å². The van der Waals surface area contributed by atoms with Gasteiger partial charge >= 0.3 is 0 Å². The fourth-order valence-electron chi connectivity index (χ4n) is 1.14. The molecule has 0 amide bonds. The average molecular weight is 179 g/mol. The van der Waals surface area contributed by atoms with Crippen LogP contribution in [-0.2, 0) is 9.84 Å². The summed E-state index contributed by atoms with van der Waals surface area (Å²) in [7, 11) is -3.03. The van der Waals surface area contributed by atoms with Gasteiger partial charge in [-0.15, -0.1) is 0 Å². The lowest BCUT2D eigenvalue weighted by Gasteiger charge is -2.05. The highest BCUT2D eigenvalue weighted by atomic mass is 32.2. The van der Waals surface area contributed by atoms with E-state index in [0.29, 0.717) is 6.42 Å². The van der Waals surface area contributed by atoms with Crippen molar-refractivity contribution >= 4 is 9.84 Å². The first-order chi connectivity index (χ1) is 4.96. The zero-order valence-electron chi connectivity index (χ0n) is 6.45. The predicted octanol–water partition coefficient (Wildman–Crippen LogP) is -1.12. The van der Waals surface area contributed by atoms with E-state index in [9.17, 15) is 8.42 Å². The van der Waals surface area contributed by atoms with Crippen molar-refractivity contribution in [2.45, 2.75) is 24.1 Å². The second kappa shape index (κ2) is 2.43.